The van der Waals surface area contributed by atoms with Crippen LogP contribution in [0.2, 0.25) is 10.0 Å². The van der Waals surface area contributed by atoms with Crippen molar-refractivity contribution in [2.45, 2.75) is 6.54 Å². The van der Waals surface area contributed by atoms with Crippen LogP contribution in [0.3, 0.4) is 0 Å². The van der Waals surface area contributed by atoms with Gasteiger partial charge in [0.15, 0.2) is 12.3 Å². The molecular weight excluding hydrogens is 477 g/mol. The van der Waals surface area contributed by atoms with E-state index in [1.807, 2.05) is 6.07 Å². The lowest BCUT2D eigenvalue weighted by molar-refractivity contribution is -0.118. The lowest BCUT2D eigenvalue weighted by Crippen LogP contribution is -2.23. The van der Waals surface area contributed by atoms with Crippen molar-refractivity contribution in [3.8, 4) is 11.4 Å². The number of halogens is 2. The van der Waals surface area contributed by atoms with Crippen molar-refractivity contribution in [1.82, 2.24) is 20.3 Å². The van der Waals surface area contributed by atoms with Crippen molar-refractivity contribution in [3.63, 3.8) is 0 Å². The van der Waals surface area contributed by atoms with Crippen molar-refractivity contribution >= 4 is 40.7 Å². The number of aromatic nitrogens is 3. The summed E-state index contributed by atoms with van der Waals surface area (Å²) in [6.07, 6.45) is 1.53. The molecule has 0 spiro atoms. The molecule has 0 aliphatic carbocycles. The van der Waals surface area contributed by atoms with Gasteiger partial charge in [0.25, 0.3) is 11.8 Å². The van der Waals surface area contributed by atoms with Crippen LogP contribution in [0.15, 0.2) is 79.0 Å². The van der Waals surface area contributed by atoms with E-state index in [0.29, 0.717) is 33.7 Å². The van der Waals surface area contributed by atoms with Crippen LogP contribution in [0.4, 0.5) is 5.69 Å². The van der Waals surface area contributed by atoms with Crippen molar-refractivity contribution in [2.24, 2.45) is 0 Å². The number of carbonyl (C=O) groups excluding carboxylic acids is 2. The molecule has 34 heavy (non-hydrogen) atoms. The number of rotatable bonds is 8. The Balaban J connectivity index is 1.25. The summed E-state index contributed by atoms with van der Waals surface area (Å²) in [5.74, 6) is -0.109. The number of nitrogens with zero attached hydrogens (tertiary/aromatic N) is 3. The van der Waals surface area contributed by atoms with Crippen LogP contribution in [0.25, 0.3) is 5.69 Å². The molecule has 0 saturated heterocycles. The maximum absolute atomic E-state index is 12.4. The number of ether oxygens (including phenoxy) is 1. The van der Waals surface area contributed by atoms with E-state index < -0.39 is 0 Å². The van der Waals surface area contributed by atoms with Gasteiger partial charge in [-0.25, -0.2) is 4.68 Å². The minimum Gasteiger partial charge on any atom is -0.484 e. The first kappa shape index (κ1) is 23.3. The zero-order valence-corrected chi connectivity index (χ0v) is 19.3. The highest BCUT2D eigenvalue weighted by molar-refractivity contribution is 6.31. The molecule has 1 heterocycles. The average Bonchev–Trinajstić information content (AvgIpc) is 3.34. The standard InChI is InChI=1S/C24H19Cl2N5O3/c25-17-6-8-19(9-7-17)28-23(32)15-34-21-10-4-16(5-11-21)13-27-24(33)22-14-31(30-29-22)20-3-1-2-18(26)12-20/h1-12,14H,13,15H2,(H,27,33)(H,28,32). The van der Waals surface area contributed by atoms with Gasteiger partial charge in [0.05, 0.1) is 11.9 Å². The molecule has 1 aromatic heterocycles. The molecule has 2 amide bonds. The fourth-order valence-corrected chi connectivity index (χ4v) is 3.28. The lowest BCUT2D eigenvalue weighted by atomic mass is 10.2. The van der Waals surface area contributed by atoms with E-state index in [0.717, 1.165) is 5.56 Å². The van der Waals surface area contributed by atoms with Gasteiger partial charge in [-0.05, 0) is 60.2 Å². The molecule has 0 atom stereocenters. The van der Waals surface area contributed by atoms with Crippen LogP contribution >= 0.6 is 23.2 Å². The normalized spacial score (nSPS) is 10.5. The maximum atomic E-state index is 12.4. The predicted octanol–water partition coefficient (Wildman–Crippen LogP) is 4.52. The van der Waals surface area contributed by atoms with Crippen LogP contribution in [-0.4, -0.2) is 33.4 Å². The SMILES string of the molecule is O=C(COc1ccc(CNC(=O)c2cn(-c3cccc(Cl)c3)nn2)cc1)Nc1ccc(Cl)cc1. The Bertz CT molecular complexity index is 1290. The van der Waals surface area contributed by atoms with Crippen LogP contribution in [0, 0.1) is 0 Å². The molecule has 10 heteroatoms. The Morgan fingerprint density at radius 1 is 0.941 bits per heavy atom. The van der Waals surface area contributed by atoms with Crippen molar-refractivity contribution in [3.05, 3.63) is 100 Å². The first-order valence-electron chi connectivity index (χ1n) is 10.2. The molecule has 3 aromatic carbocycles. The van der Waals surface area contributed by atoms with Gasteiger partial charge in [0.1, 0.15) is 5.75 Å². The largest absolute Gasteiger partial charge is 0.484 e. The second-order valence-electron chi connectivity index (χ2n) is 7.20. The zero-order chi connectivity index (χ0) is 23.9. The Kier molecular flexibility index (Phi) is 7.41. The first-order chi connectivity index (χ1) is 16.5. The zero-order valence-electron chi connectivity index (χ0n) is 17.7. The van der Waals surface area contributed by atoms with E-state index in [4.69, 9.17) is 27.9 Å². The Labute approximate surface area is 205 Å². The third kappa shape index (κ3) is 6.34. The van der Waals surface area contributed by atoms with Gasteiger partial charge in [-0.1, -0.05) is 46.6 Å². The predicted molar refractivity (Wildman–Crippen MR) is 130 cm³/mol. The number of hydrogen-bond acceptors (Lipinski definition) is 5. The molecule has 8 nitrogen and oxygen atoms in total. The summed E-state index contributed by atoms with van der Waals surface area (Å²) in [7, 11) is 0. The topological polar surface area (TPSA) is 98.1 Å². The highest BCUT2D eigenvalue weighted by Gasteiger charge is 2.12. The van der Waals surface area contributed by atoms with Crippen molar-refractivity contribution in [2.75, 3.05) is 11.9 Å². The molecule has 2 N–H and O–H groups in total. The summed E-state index contributed by atoms with van der Waals surface area (Å²) in [5.41, 5.74) is 2.38. The van der Waals surface area contributed by atoms with Gasteiger partial charge in [-0.2, -0.15) is 0 Å². The molecule has 172 valence electrons. The Hall–Kier alpha value is -3.88. The van der Waals surface area contributed by atoms with Crippen molar-refractivity contribution in [1.29, 1.82) is 0 Å². The van der Waals surface area contributed by atoms with Crippen LogP contribution < -0.4 is 15.4 Å². The van der Waals surface area contributed by atoms with Crippen molar-refractivity contribution < 1.29 is 14.3 Å². The van der Waals surface area contributed by atoms with E-state index in [1.165, 1.54) is 10.9 Å². The Morgan fingerprint density at radius 2 is 1.71 bits per heavy atom. The van der Waals surface area contributed by atoms with Gasteiger partial charge in [-0.15, -0.1) is 5.10 Å². The molecule has 0 aliphatic rings. The van der Waals surface area contributed by atoms with Crippen LogP contribution in [0.5, 0.6) is 5.75 Å². The molecule has 0 unspecified atom stereocenters. The number of hydrogen-bond donors (Lipinski definition) is 2. The minimum atomic E-state index is -0.354. The molecular formula is C24H19Cl2N5O3. The Morgan fingerprint density at radius 3 is 2.44 bits per heavy atom. The van der Waals surface area contributed by atoms with Crippen LogP contribution in [-0.2, 0) is 11.3 Å². The molecule has 4 rings (SSSR count). The summed E-state index contributed by atoms with van der Waals surface area (Å²) < 4.78 is 6.99. The van der Waals surface area contributed by atoms with Gasteiger partial charge in [0.2, 0.25) is 0 Å². The minimum absolute atomic E-state index is 0.138. The summed E-state index contributed by atoms with van der Waals surface area (Å²) in [6, 6.07) is 20.9. The molecule has 0 radical (unpaired) electrons. The second kappa shape index (κ2) is 10.8. The third-order valence-corrected chi connectivity index (χ3v) is 5.16. The maximum Gasteiger partial charge on any atom is 0.273 e. The number of nitrogens with one attached hydrogen (secondary N) is 2. The summed E-state index contributed by atoms with van der Waals surface area (Å²) >= 11 is 11.8. The molecule has 0 aliphatic heterocycles. The smallest absolute Gasteiger partial charge is 0.273 e. The quantitative estimate of drug-likeness (QED) is 0.374. The highest BCUT2D eigenvalue weighted by Crippen LogP contribution is 2.16. The first-order valence-corrected chi connectivity index (χ1v) is 11.0. The van der Waals surface area contributed by atoms with Gasteiger partial charge >= 0.3 is 0 Å². The number of amides is 2. The summed E-state index contributed by atoms with van der Waals surface area (Å²) in [4.78, 5) is 24.4. The van der Waals surface area contributed by atoms with Gasteiger partial charge < -0.3 is 15.4 Å². The average molecular weight is 496 g/mol. The number of carbonyl (C=O) groups is 2. The van der Waals surface area contributed by atoms with E-state index >= 15 is 0 Å². The molecule has 0 bridgehead atoms. The number of benzene rings is 3. The van der Waals surface area contributed by atoms with E-state index in [1.54, 1.807) is 66.7 Å². The van der Waals surface area contributed by atoms with Gasteiger partial charge in [-0.3, -0.25) is 9.59 Å². The highest BCUT2D eigenvalue weighted by atomic mass is 35.5. The fraction of sp³-hybridized carbons (Fsp3) is 0.0833. The molecule has 0 saturated carbocycles. The summed E-state index contributed by atoms with van der Waals surface area (Å²) in [5, 5.41) is 14.6. The fourth-order valence-electron chi connectivity index (χ4n) is 2.97. The van der Waals surface area contributed by atoms with E-state index in [9.17, 15) is 9.59 Å². The second-order valence-corrected chi connectivity index (χ2v) is 8.07. The van der Waals surface area contributed by atoms with E-state index in [2.05, 4.69) is 20.9 Å². The van der Waals surface area contributed by atoms with E-state index in [-0.39, 0.29) is 24.1 Å². The monoisotopic (exact) mass is 495 g/mol. The number of anilines is 1. The molecule has 0 fully saturated rings. The van der Waals surface area contributed by atoms with Gasteiger partial charge in [0, 0.05) is 22.3 Å². The lowest BCUT2D eigenvalue weighted by Gasteiger charge is -2.09. The third-order valence-electron chi connectivity index (χ3n) is 4.67. The molecule has 4 aromatic rings. The van der Waals surface area contributed by atoms with Crippen LogP contribution in [0.1, 0.15) is 16.1 Å². The summed E-state index contributed by atoms with van der Waals surface area (Å²) in [6.45, 7) is 0.154.